The van der Waals surface area contributed by atoms with Crippen molar-refractivity contribution in [2.24, 2.45) is 4.99 Å². The molecule has 1 aliphatic heterocycles. The number of aromatic nitrogens is 2. The van der Waals surface area contributed by atoms with Crippen molar-refractivity contribution < 1.29 is 9.53 Å². The van der Waals surface area contributed by atoms with Crippen molar-refractivity contribution in [3.8, 4) is 6.01 Å². The molecular weight excluding hydrogens is 158 g/mol. The topological polar surface area (TPSA) is 56.5 Å². The van der Waals surface area contributed by atoms with E-state index in [-0.39, 0.29) is 0 Å². The molecule has 0 aromatic carbocycles. The van der Waals surface area contributed by atoms with Crippen molar-refractivity contribution in [3.63, 3.8) is 0 Å². The van der Waals surface area contributed by atoms with Crippen LogP contribution in [0.25, 0.3) is 0 Å². The Labute approximate surface area is 68.7 Å². The first kappa shape index (κ1) is 7.06. The normalized spacial score (nSPS) is 14.3. The van der Waals surface area contributed by atoms with Gasteiger partial charge >= 0.3 is 0 Å². The van der Waals surface area contributed by atoms with Gasteiger partial charge in [0, 0.05) is 6.54 Å². The molecule has 0 fully saturated rings. The second-order valence-electron chi connectivity index (χ2n) is 2.48. The molecule has 2 rings (SSSR count). The van der Waals surface area contributed by atoms with E-state index in [0.717, 1.165) is 13.0 Å². The van der Waals surface area contributed by atoms with Gasteiger partial charge in [-0.3, -0.25) is 4.57 Å². The fourth-order valence-electron chi connectivity index (χ4n) is 1.16. The van der Waals surface area contributed by atoms with Crippen LogP contribution in [0.5, 0.6) is 6.01 Å². The minimum absolute atomic E-state index is 0.363. The van der Waals surface area contributed by atoms with Crippen LogP contribution in [0.2, 0.25) is 0 Å². The standard InChI is InChI=1S/C7H7N3O2/c11-5-8-6-4-10-2-1-3-12-7(10)9-6/h4H,1-3H2. The van der Waals surface area contributed by atoms with E-state index in [1.165, 1.54) is 6.08 Å². The van der Waals surface area contributed by atoms with Gasteiger partial charge in [0.25, 0.3) is 6.01 Å². The molecule has 5 heteroatoms. The third-order valence-corrected chi connectivity index (χ3v) is 1.66. The summed E-state index contributed by atoms with van der Waals surface area (Å²) in [5.74, 6) is 0.363. The van der Waals surface area contributed by atoms with Crippen LogP contribution in [-0.2, 0) is 11.3 Å². The highest BCUT2D eigenvalue weighted by Crippen LogP contribution is 2.20. The summed E-state index contributed by atoms with van der Waals surface area (Å²) in [6.07, 6.45) is 4.08. The maximum absolute atomic E-state index is 9.91. The number of aryl methyl sites for hydroxylation is 1. The molecular formula is C7H7N3O2. The second-order valence-corrected chi connectivity index (χ2v) is 2.48. The lowest BCUT2D eigenvalue weighted by Gasteiger charge is -2.13. The number of isocyanates is 1. The highest BCUT2D eigenvalue weighted by atomic mass is 16.5. The first-order valence-electron chi connectivity index (χ1n) is 3.68. The zero-order valence-corrected chi connectivity index (χ0v) is 6.36. The molecule has 0 saturated heterocycles. The smallest absolute Gasteiger partial charge is 0.298 e. The van der Waals surface area contributed by atoms with E-state index in [1.807, 2.05) is 4.57 Å². The molecule has 0 spiro atoms. The minimum Gasteiger partial charge on any atom is -0.465 e. The number of hydrogen-bond donors (Lipinski definition) is 0. The maximum atomic E-state index is 9.91. The predicted octanol–water partition coefficient (Wildman–Crippen LogP) is 0.633. The van der Waals surface area contributed by atoms with Crippen LogP contribution in [-0.4, -0.2) is 22.2 Å². The molecule has 0 saturated carbocycles. The van der Waals surface area contributed by atoms with Crippen molar-refractivity contribution in [3.05, 3.63) is 6.20 Å². The number of hydrogen-bond acceptors (Lipinski definition) is 4. The Kier molecular flexibility index (Phi) is 1.64. The van der Waals surface area contributed by atoms with Gasteiger partial charge in [0.1, 0.15) is 0 Å². The molecule has 1 aliphatic rings. The molecule has 1 aromatic rings. The lowest BCUT2D eigenvalue weighted by Crippen LogP contribution is -2.13. The Bertz CT molecular complexity index is 315. The quantitative estimate of drug-likeness (QED) is 0.453. The van der Waals surface area contributed by atoms with E-state index >= 15 is 0 Å². The highest BCUT2D eigenvalue weighted by molar-refractivity contribution is 5.44. The molecule has 0 atom stereocenters. The lowest BCUT2D eigenvalue weighted by atomic mass is 10.4. The van der Waals surface area contributed by atoms with E-state index in [4.69, 9.17) is 4.74 Å². The summed E-state index contributed by atoms with van der Waals surface area (Å²) in [6, 6.07) is 0.537. The summed E-state index contributed by atoms with van der Waals surface area (Å²) >= 11 is 0. The monoisotopic (exact) mass is 165 g/mol. The van der Waals surface area contributed by atoms with Crippen LogP contribution in [0.15, 0.2) is 11.2 Å². The molecule has 2 heterocycles. The number of carbonyl (C=O) groups excluding carboxylic acids is 1. The van der Waals surface area contributed by atoms with Crippen LogP contribution in [0.1, 0.15) is 6.42 Å². The fraction of sp³-hybridized carbons (Fsp3) is 0.429. The number of imidazole rings is 1. The molecule has 0 aliphatic carbocycles. The molecule has 62 valence electrons. The van der Waals surface area contributed by atoms with Crippen LogP contribution < -0.4 is 4.74 Å². The number of aliphatic imine (C=N–C) groups is 1. The Morgan fingerprint density at radius 1 is 1.75 bits per heavy atom. The maximum Gasteiger partial charge on any atom is 0.298 e. The van der Waals surface area contributed by atoms with E-state index in [0.29, 0.717) is 18.4 Å². The van der Waals surface area contributed by atoms with Crippen molar-refractivity contribution in [1.82, 2.24) is 9.55 Å². The third kappa shape index (κ3) is 1.10. The van der Waals surface area contributed by atoms with Gasteiger partial charge in [0.2, 0.25) is 6.08 Å². The van der Waals surface area contributed by atoms with Crippen LogP contribution in [0, 0.1) is 0 Å². The van der Waals surface area contributed by atoms with Gasteiger partial charge in [-0.15, -0.1) is 4.99 Å². The zero-order chi connectivity index (χ0) is 8.39. The van der Waals surface area contributed by atoms with Gasteiger partial charge < -0.3 is 4.74 Å². The number of fused-ring (bicyclic) bond motifs is 1. The first-order valence-corrected chi connectivity index (χ1v) is 3.68. The molecule has 0 radical (unpaired) electrons. The summed E-state index contributed by atoms with van der Waals surface area (Å²) < 4.78 is 7.05. The summed E-state index contributed by atoms with van der Waals surface area (Å²) in [7, 11) is 0. The van der Waals surface area contributed by atoms with Gasteiger partial charge in [-0.1, -0.05) is 0 Å². The van der Waals surface area contributed by atoms with Crippen molar-refractivity contribution in [2.45, 2.75) is 13.0 Å². The first-order chi connectivity index (χ1) is 5.90. The average Bonchev–Trinajstić information content (AvgIpc) is 2.47. The van der Waals surface area contributed by atoms with Gasteiger partial charge in [0.15, 0.2) is 5.82 Å². The van der Waals surface area contributed by atoms with Gasteiger partial charge in [0.05, 0.1) is 12.8 Å². The summed E-state index contributed by atoms with van der Waals surface area (Å²) in [5.41, 5.74) is 0. The molecule has 0 unspecified atom stereocenters. The van der Waals surface area contributed by atoms with Crippen LogP contribution >= 0.6 is 0 Å². The molecule has 0 amide bonds. The Morgan fingerprint density at radius 2 is 2.67 bits per heavy atom. The number of rotatable bonds is 1. The van der Waals surface area contributed by atoms with Crippen molar-refractivity contribution >= 4 is 11.9 Å². The third-order valence-electron chi connectivity index (χ3n) is 1.66. The summed E-state index contributed by atoms with van der Waals surface area (Å²) in [5, 5.41) is 0. The van der Waals surface area contributed by atoms with Gasteiger partial charge in [-0.05, 0) is 6.42 Å². The van der Waals surface area contributed by atoms with Gasteiger partial charge in [-0.25, -0.2) is 4.79 Å². The number of nitrogens with zero attached hydrogens (tertiary/aromatic N) is 3. The lowest BCUT2D eigenvalue weighted by molar-refractivity contribution is 0.231. The van der Waals surface area contributed by atoms with Crippen molar-refractivity contribution in [1.29, 1.82) is 0 Å². The van der Waals surface area contributed by atoms with Crippen LogP contribution in [0.3, 0.4) is 0 Å². The SMILES string of the molecule is O=C=Nc1cn2c(n1)OCCC2. The molecule has 0 N–H and O–H groups in total. The molecule has 5 nitrogen and oxygen atoms in total. The fourth-order valence-corrected chi connectivity index (χ4v) is 1.16. The highest BCUT2D eigenvalue weighted by Gasteiger charge is 2.12. The summed E-state index contributed by atoms with van der Waals surface area (Å²) in [6.45, 7) is 1.55. The molecule has 1 aromatic heterocycles. The predicted molar refractivity (Wildman–Crippen MR) is 40.1 cm³/mol. The second kappa shape index (κ2) is 2.79. The van der Waals surface area contributed by atoms with Crippen molar-refractivity contribution in [2.75, 3.05) is 6.61 Å². The molecule has 0 bridgehead atoms. The Morgan fingerprint density at radius 3 is 3.42 bits per heavy atom. The summed E-state index contributed by atoms with van der Waals surface area (Å²) in [4.78, 5) is 17.3. The zero-order valence-electron chi connectivity index (χ0n) is 6.36. The van der Waals surface area contributed by atoms with Crippen LogP contribution in [0.4, 0.5) is 5.82 Å². The minimum atomic E-state index is 0.363. The largest absolute Gasteiger partial charge is 0.465 e. The Hall–Kier alpha value is -1.61. The van der Waals surface area contributed by atoms with E-state index in [1.54, 1.807) is 6.20 Å². The van der Waals surface area contributed by atoms with Gasteiger partial charge in [-0.2, -0.15) is 4.98 Å². The Balaban J connectivity index is 2.37. The van der Waals surface area contributed by atoms with E-state index in [9.17, 15) is 4.79 Å². The number of ether oxygens (including phenoxy) is 1. The average molecular weight is 165 g/mol. The van der Waals surface area contributed by atoms with E-state index < -0.39 is 0 Å². The molecule has 12 heavy (non-hydrogen) atoms. The van der Waals surface area contributed by atoms with E-state index in [2.05, 4.69) is 9.98 Å².